The molecule has 0 bridgehead atoms. The van der Waals surface area contributed by atoms with Gasteiger partial charge in [-0.05, 0) is 46.5 Å². The minimum atomic E-state index is -0.285. The van der Waals surface area contributed by atoms with E-state index in [1.807, 2.05) is 12.1 Å². The number of hydrogen-bond donors (Lipinski definition) is 2. The Labute approximate surface area is 153 Å². The van der Waals surface area contributed by atoms with Gasteiger partial charge in [0.15, 0.2) is 5.11 Å². The largest absolute Gasteiger partial charge is 0.299 e. The Hall–Kier alpha value is -2.35. The van der Waals surface area contributed by atoms with Crippen LogP contribution < -0.4 is 10.6 Å². The first-order valence-electron chi connectivity index (χ1n) is 8.16. The molecule has 7 nitrogen and oxygen atoms in total. The molecule has 2 rings (SSSR count). The van der Waals surface area contributed by atoms with Gasteiger partial charge in [0.2, 0.25) is 0 Å². The van der Waals surface area contributed by atoms with Gasteiger partial charge in [-0.1, -0.05) is 51.9 Å². The van der Waals surface area contributed by atoms with E-state index in [4.69, 9.17) is 12.2 Å². The highest BCUT2D eigenvalue weighted by Gasteiger charge is 2.15. The maximum Gasteiger partial charge on any atom is 0.269 e. The monoisotopic (exact) mass is 360 g/mol. The van der Waals surface area contributed by atoms with Crippen molar-refractivity contribution in [2.75, 3.05) is 5.32 Å². The molecule has 0 aliphatic rings. The predicted octanol–water partition coefficient (Wildman–Crippen LogP) is 2.75. The van der Waals surface area contributed by atoms with E-state index >= 15 is 0 Å². The minimum Gasteiger partial charge on any atom is -0.299 e. The molecule has 2 N–H and O–H groups in total. The third-order valence-electron chi connectivity index (χ3n) is 3.45. The second-order valence-corrected chi connectivity index (χ2v) is 7.71. The second kappa shape index (κ2) is 7.69. The molecule has 1 aromatic heterocycles. The average Bonchev–Trinajstić information content (AvgIpc) is 2.92. The molecule has 1 amide bonds. The zero-order chi connectivity index (χ0) is 18.6. The fraction of sp³-hybridized carbons (Fsp3) is 0.471. The predicted molar refractivity (Wildman–Crippen MR) is 101 cm³/mol. The Morgan fingerprint density at radius 1 is 1.24 bits per heavy atom. The number of aromatic nitrogens is 4. The summed E-state index contributed by atoms with van der Waals surface area (Å²) in [5, 5.41) is 17.4. The summed E-state index contributed by atoms with van der Waals surface area (Å²) >= 11 is 5.13. The van der Waals surface area contributed by atoms with Crippen molar-refractivity contribution >= 4 is 29.2 Å². The molecule has 0 atom stereocenters. The van der Waals surface area contributed by atoms with Crippen molar-refractivity contribution in [2.24, 2.45) is 5.92 Å². The molecule has 0 radical (unpaired) electrons. The highest BCUT2D eigenvalue weighted by molar-refractivity contribution is 7.80. The molecule has 0 spiro atoms. The van der Waals surface area contributed by atoms with Gasteiger partial charge in [-0.25, -0.2) is 0 Å². The highest BCUT2D eigenvalue weighted by Crippen LogP contribution is 2.22. The van der Waals surface area contributed by atoms with E-state index < -0.39 is 0 Å². The Morgan fingerprint density at radius 2 is 1.88 bits per heavy atom. The first kappa shape index (κ1) is 19.0. The van der Waals surface area contributed by atoms with Crippen molar-refractivity contribution in [2.45, 2.75) is 46.6 Å². The molecule has 0 aliphatic heterocycles. The molecular weight excluding hydrogens is 336 g/mol. The van der Waals surface area contributed by atoms with Gasteiger partial charge < -0.3 is 0 Å². The molecule has 134 valence electrons. The van der Waals surface area contributed by atoms with Crippen LogP contribution in [0.25, 0.3) is 0 Å². The standard InChI is InChI=1S/C17H24N6OS/c1-11(2)10-23-21-15(20-22-23)19-16(25)18-14(24)12-6-8-13(9-7-12)17(3,4)5/h6-9,11H,10H2,1-5H3,(H2,18,19,21,24,25). The summed E-state index contributed by atoms with van der Waals surface area (Å²) in [6.07, 6.45) is 0. The number of amides is 1. The van der Waals surface area contributed by atoms with Crippen molar-refractivity contribution in [1.82, 2.24) is 25.5 Å². The van der Waals surface area contributed by atoms with Crippen molar-refractivity contribution < 1.29 is 4.79 Å². The number of rotatable bonds is 4. The van der Waals surface area contributed by atoms with Crippen molar-refractivity contribution in [1.29, 1.82) is 0 Å². The van der Waals surface area contributed by atoms with E-state index in [1.54, 1.807) is 12.1 Å². The van der Waals surface area contributed by atoms with E-state index in [-0.39, 0.29) is 22.4 Å². The lowest BCUT2D eigenvalue weighted by Crippen LogP contribution is -2.34. The number of tetrazole rings is 1. The van der Waals surface area contributed by atoms with E-state index in [1.165, 1.54) is 4.80 Å². The van der Waals surface area contributed by atoms with Gasteiger partial charge >= 0.3 is 0 Å². The van der Waals surface area contributed by atoms with Crippen molar-refractivity contribution in [3.05, 3.63) is 35.4 Å². The summed E-state index contributed by atoms with van der Waals surface area (Å²) in [5.74, 6) is 0.381. The van der Waals surface area contributed by atoms with E-state index in [9.17, 15) is 4.79 Å². The number of thiocarbonyl (C=S) groups is 1. The molecule has 0 aliphatic carbocycles. The van der Waals surface area contributed by atoms with E-state index in [0.29, 0.717) is 18.0 Å². The fourth-order valence-corrected chi connectivity index (χ4v) is 2.31. The molecular formula is C17H24N6OS. The molecule has 8 heteroatoms. The maximum absolute atomic E-state index is 12.3. The molecule has 0 fully saturated rings. The number of nitrogens with one attached hydrogen (secondary N) is 2. The van der Waals surface area contributed by atoms with E-state index in [2.05, 4.69) is 60.7 Å². The second-order valence-electron chi connectivity index (χ2n) is 7.30. The van der Waals surface area contributed by atoms with Crippen LogP contribution in [0.4, 0.5) is 5.95 Å². The third kappa shape index (κ3) is 5.60. The molecule has 1 heterocycles. The average molecular weight is 360 g/mol. The van der Waals surface area contributed by atoms with Crippen LogP contribution in [0.5, 0.6) is 0 Å². The molecule has 25 heavy (non-hydrogen) atoms. The molecule has 0 saturated carbocycles. The highest BCUT2D eigenvalue weighted by atomic mass is 32.1. The first-order valence-corrected chi connectivity index (χ1v) is 8.56. The van der Waals surface area contributed by atoms with Crippen LogP contribution in [-0.4, -0.2) is 31.2 Å². The van der Waals surface area contributed by atoms with Crippen LogP contribution in [0.1, 0.15) is 50.5 Å². The summed E-state index contributed by atoms with van der Waals surface area (Å²) in [6, 6.07) is 7.47. The van der Waals surface area contributed by atoms with Gasteiger partial charge in [-0.3, -0.25) is 15.4 Å². The summed E-state index contributed by atoms with van der Waals surface area (Å²) in [5.41, 5.74) is 1.74. The Balaban J connectivity index is 1.93. The Morgan fingerprint density at radius 3 is 2.44 bits per heavy atom. The van der Waals surface area contributed by atoms with Crippen LogP contribution >= 0.6 is 12.2 Å². The SMILES string of the molecule is CC(C)Cn1nnc(NC(=S)NC(=O)c2ccc(C(C)(C)C)cc2)n1. The van der Waals surface area contributed by atoms with Crippen LogP contribution in [0.2, 0.25) is 0 Å². The summed E-state index contributed by atoms with van der Waals surface area (Å²) in [7, 11) is 0. The quantitative estimate of drug-likeness (QED) is 0.816. The lowest BCUT2D eigenvalue weighted by atomic mass is 9.87. The minimum absolute atomic E-state index is 0.0410. The number of hydrogen-bond acceptors (Lipinski definition) is 5. The maximum atomic E-state index is 12.3. The van der Waals surface area contributed by atoms with Gasteiger partial charge in [-0.2, -0.15) is 4.80 Å². The van der Waals surface area contributed by atoms with Gasteiger partial charge in [0.25, 0.3) is 11.9 Å². The van der Waals surface area contributed by atoms with Gasteiger partial charge in [-0.15, -0.1) is 5.10 Å². The van der Waals surface area contributed by atoms with Crippen molar-refractivity contribution in [3.63, 3.8) is 0 Å². The summed E-state index contributed by atoms with van der Waals surface area (Å²) < 4.78 is 0. The number of anilines is 1. The van der Waals surface area contributed by atoms with Gasteiger partial charge in [0.1, 0.15) is 0 Å². The van der Waals surface area contributed by atoms with Gasteiger partial charge in [0, 0.05) is 5.56 Å². The third-order valence-corrected chi connectivity index (χ3v) is 3.65. The lowest BCUT2D eigenvalue weighted by Gasteiger charge is -2.19. The zero-order valence-corrected chi connectivity index (χ0v) is 16.0. The van der Waals surface area contributed by atoms with Crippen molar-refractivity contribution in [3.8, 4) is 0 Å². The number of carbonyl (C=O) groups excluding carboxylic acids is 1. The van der Waals surface area contributed by atoms with Crippen LogP contribution in [-0.2, 0) is 12.0 Å². The lowest BCUT2D eigenvalue weighted by molar-refractivity contribution is 0.0977. The molecule has 1 aromatic carbocycles. The first-order chi connectivity index (χ1) is 11.6. The van der Waals surface area contributed by atoms with Crippen LogP contribution in [0.15, 0.2) is 24.3 Å². The van der Waals surface area contributed by atoms with Crippen LogP contribution in [0.3, 0.4) is 0 Å². The number of nitrogens with zero attached hydrogens (tertiary/aromatic N) is 4. The zero-order valence-electron chi connectivity index (χ0n) is 15.2. The normalized spacial score (nSPS) is 11.4. The molecule has 2 aromatic rings. The molecule has 0 unspecified atom stereocenters. The number of carbonyl (C=O) groups is 1. The Kier molecular flexibility index (Phi) is 5.84. The fourth-order valence-electron chi connectivity index (χ4n) is 2.13. The van der Waals surface area contributed by atoms with Crippen LogP contribution in [0, 0.1) is 5.92 Å². The summed E-state index contributed by atoms with van der Waals surface area (Å²) in [6.45, 7) is 11.2. The smallest absolute Gasteiger partial charge is 0.269 e. The topological polar surface area (TPSA) is 84.7 Å². The Bertz CT molecular complexity index is 745. The van der Waals surface area contributed by atoms with E-state index in [0.717, 1.165) is 5.56 Å². The summed E-state index contributed by atoms with van der Waals surface area (Å²) in [4.78, 5) is 13.7. The number of benzene rings is 1. The van der Waals surface area contributed by atoms with Gasteiger partial charge in [0.05, 0.1) is 6.54 Å². The molecule has 0 saturated heterocycles.